The van der Waals surface area contributed by atoms with E-state index in [4.69, 9.17) is 11.1 Å². The van der Waals surface area contributed by atoms with Gasteiger partial charge in [0, 0.05) is 11.1 Å². The normalized spacial score (nSPS) is 14.4. The molecule has 0 saturated heterocycles. The third-order valence-corrected chi connectivity index (χ3v) is 2.16. The van der Waals surface area contributed by atoms with Crippen molar-refractivity contribution in [3.05, 3.63) is 41.0 Å². The highest BCUT2D eigenvalue weighted by Crippen LogP contribution is 2.30. The zero-order valence-corrected chi connectivity index (χ0v) is 7.24. The first kappa shape index (κ1) is 8.50. The molecule has 1 aromatic carbocycles. The van der Waals surface area contributed by atoms with E-state index in [1.165, 1.54) is 0 Å². The van der Waals surface area contributed by atoms with Crippen LogP contribution in [0, 0.1) is 5.41 Å². The molecule has 0 bridgehead atoms. The van der Waals surface area contributed by atoms with Crippen LogP contribution in [0.25, 0.3) is 5.76 Å². The molecule has 1 aliphatic carbocycles. The second-order valence-corrected chi connectivity index (χ2v) is 3.01. The fourth-order valence-electron chi connectivity index (χ4n) is 1.51. The molecule has 0 aliphatic heterocycles. The number of aliphatic hydroxyl groups is 1. The van der Waals surface area contributed by atoms with Crippen LogP contribution in [0.3, 0.4) is 0 Å². The first-order valence-corrected chi connectivity index (χ1v) is 4.04. The van der Waals surface area contributed by atoms with Crippen molar-refractivity contribution in [1.29, 1.82) is 5.41 Å². The van der Waals surface area contributed by atoms with E-state index >= 15 is 0 Å². The summed E-state index contributed by atoms with van der Waals surface area (Å²) in [5, 5.41) is 16.8. The molecule has 1 aromatic rings. The largest absolute Gasteiger partial charge is 0.506 e. The molecule has 0 atom stereocenters. The molecule has 4 heteroatoms. The Kier molecular flexibility index (Phi) is 1.64. The summed E-state index contributed by atoms with van der Waals surface area (Å²) in [6.45, 7) is 0. The van der Waals surface area contributed by atoms with Crippen LogP contribution in [0.4, 0.5) is 0 Å². The number of benzene rings is 1. The molecule has 0 amide bonds. The number of aliphatic hydroxyl groups excluding tert-OH is 1. The van der Waals surface area contributed by atoms with Crippen LogP contribution in [0.15, 0.2) is 29.8 Å². The SMILES string of the molecule is N=C(N)C1=C(O)c2ccccc2C1=O. The van der Waals surface area contributed by atoms with Crippen LogP contribution in [0.5, 0.6) is 0 Å². The maximum atomic E-state index is 11.6. The van der Waals surface area contributed by atoms with E-state index < -0.39 is 5.84 Å². The molecule has 70 valence electrons. The van der Waals surface area contributed by atoms with E-state index in [2.05, 4.69) is 0 Å². The number of Topliss-reactive ketones (excluding diaryl/α,β-unsaturated/α-hetero) is 1. The Hall–Kier alpha value is -2.10. The van der Waals surface area contributed by atoms with E-state index in [9.17, 15) is 9.90 Å². The van der Waals surface area contributed by atoms with Crippen molar-refractivity contribution >= 4 is 17.4 Å². The molecule has 0 saturated carbocycles. The lowest BCUT2D eigenvalue weighted by Gasteiger charge is -1.96. The van der Waals surface area contributed by atoms with Crippen molar-refractivity contribution in [2.45, 2.75) is 0 Å². The lowest BCUT2D eigenvalue weighted by Crippen LogP contribution is -2.18. The standard InChI is InChI=1S/C10H8N2O2/c11-10(12)7-8(13)5-3-1-2-4-6(5)9(7)14/h1-4,13H,(H3,11,12). The predicted octanol–water partition coefficient (Wildman–Crippen LogP) is 1.09. The molecule has 0 radical (unpaired) electrons. The number of carbonyl (C=O) groups excluding carboxylic acids is 1. The number of fused-ring (bicyclic) bond motifs is 1. The number of rotatable bonds is 1. The van der Waals surface area contributed by atoms with Crippen LogP contribution < -0.4 is 5.73 Å². The molecule has 0 spiro atoms. The number of ketones is 1. The molecule has 0 unspecified atom stereocenters. The van der Waals surface area contributed by atoms with Crippen LogP contribution in [-0.2, 0) is 0 Å². The third kappa shape index (κ3) is 0.939. The van der Waals surface area contributed by atoms with Crippen molar-refractivity contribution in [2.75, 3.05) is 0 Å². The molecule has 0 heterocycles. The molecule has 2 rings (SSSR count). The van der Waals surface area contributed by atoms with Gasteiger partial charge in [-0.15, -0.1) is 0 Å². The molecule has 4 N–H and O–H groups in total. The van der Waals surface area contributed by atoms with E-state index in [0.29, 0.717) is 11.1 Å². The number of nitrogens with two attached hydrogens (primary N) is 1. The van der Waals surface area contributed by atoms with Gasteiger partial charge in [-0.05, 0) is 0 Å². The second kappa shape index (κ2) is 2.70. The first-order valence-electron chi connectivity index (χ1n) is 4.04. The predicted molar refractivity (Wildman–Crippen MR) is 52.2 cm³/mol. The van der Waals surface area contributed by atoms with Crippen LogP contribution in [0.2, 0.25) is 0 Å². The number of amidine groups is 1. The average molecular weight is 188 g/mol. The first-order chi connectivity index (χ1) is 6.63. The number of hydrogen-bond acceptors (Lipinski definition) is 3. The Morgan fingerprint density at radius 3 is 2.36 bits per heavy atom. The van der Waals surface area contributed by atoms with Crippen molar-refractivity contribution in [2.24, 2.45) is 5.73 Å². The highest BCUT2D eigenvalue weighted by molar-refractivity contribution is 6.34. The maximum Gasteiger partial charge on any atom is 0.201 e. The zero-order valence-electron chi connectivity index (χ0n) is 7.24. The Balaban J connectivity index is 2.69. The van der Waals surface area contributed by atoms with Crippen molar-refractivity contribution in [3.63, 3.8) is 0 Å². The molecule has 1 aliphatic rings. The molecular weight excluding hydrogens is 180 g/mol. The molecular formula is C10H8N2O2. The number of hydrogen-bond donors (Lipinski definition) is 3. The van der Waals surface area contributed by atoms with Crippen molar-refractivity contribution in [3.8, 4) is 0 Å². The second-order valence-electron chi connectivity index (χ2n) is 3.01. The van der Waals surface area contributed by atoms with E-state index in [0.717, 1.165) is 0 Å². The minimum atomic E-state index is -0.399. The summed E-state index contributed by atoms with van der Waals surface area (Å²) in [6.07, 6.45) is 0. The highest BCUT2D eigenvalue weighted by atomic mass is 16.3. The fourth-order valence-corrected chi connectivity index (χ4v) is 1.51. The summed E-state index contributed by atoms with van der Waals surface area (Å²) in [6, 6.07) is 6.64. The Labute approximate surface area is 80.2 Å². The lowest BCUT2D eigenvalue weighted by atomic mass is 10.1. The monoisotopic (exact) mass is 188 g/mol. The van der Waals surface area contributed by atoms with Gasteiger partial charge in [0.2, 0.25) is 5.78 Å². The topological polar surface area (TPSA) is 87.2 Å². The van der Waals surface area contributed by atoms with Crippen molar-refractivity contribution < 1.29 is 9.90 Å². The van der Waals surface area contributed by atoms with Gasteiger partial charge in [-0.25, -0.2) is 0 Å². The summed E-state index contributed by atoms with van der Waals surface area (Å²) in [4.78, 5) is 11.6. The summed E-state index contributed by atoms with van der Waals surface area (Å²) >= 11 is 0. The van der Waals surface area contributed by atoms with Crippen LogP contribution in [0.1, 0.15) is 15.9 Å². The Bertz CT molecular complexity index is 475. The molecule has 0 fully saturated rings. The molecule has 0 aromatic heterocycles. The average Bonchev–Trinajstić information content (AvgIpc) is 2.41. The van der Waals surface area contributed by atoms with Gasteiger partial charge < -0.3 is 10.8 Å². The summed E-state index contributed by atoms with van der Waals surface area (Å²) < 4.78 is 0. The van der Waals surface area contributed by atoms with Gasteiger partial charge in [-0.1, -0.05) is 24.3 Å². The maximum absolute atomic E-state index is 11.6. The summed E-state index contributed by atoms with van der Waals surface area (Å²) in [5.74, 6) is -0.979. The third-order valence-electron chi connectivity index (χ3n) is 2.16. The van der Waals surface area contributed by atoms with E-state index in [1.807, 2.05) is 0 Å². The van der Waals surface area contributed by atoms with Gasteiger partial charge >= 0.3 is 0 Å². The fraction of sp³-hybridized carbons (Fsp3) is 0. The minimum Gasteiger partial charge on any atom is -0.506 e. The van der Waals surface area contributed by atoms with E-state index in [-0.39, 0.29) is 17.1 Å². The van der Waals surface area contributed by atoms with Gasteiger partial charge in [0.15, 0.2) is 0 Å². The van der Waals surface area contributed by atoms with E-state index in [1.54, 1.807) is 24.3 Å². The van der Waals surface area contributed by atoms with Gasteiger partial charge in [0.1, 0.15) is 17.2 Å². The number of nitrogens with one attached hydrogen (secondary N) is 1. The summed E-state index contributed by atoms with van der Waals surface area (Å²) in [5.41, 5.74) is 5.94. The smallest absolute Gasteiger partial charge is 0.201 e. The quantitative estimate of drug-likeness (QED) is 0.455. The lowest BCUT2D eigenvalue weighted by molar-refractivity contribution is 0.104. The Morgan fingerprint density at radius 1 is 1.29 bits per heavy atom. The van der Waals surface area contributed by atoms with Gasteiger partial charge in [0.25, 0.3) is 0 Å². The van der Waals surface area contributed by atoms with Gasteiger partial charge in [-0.2, -0.15) is 0 Å². The van der Waals surface area contributed by atoms with Gasteiger partial charge in [-0.3, -0.25) is 10.2 Å². The van der Waals surface area contributed by atoms with Crippen LogP contribution >= 0.6 is 0 Å². The molecule has 14 heavy (non-hydrogen) atoms. The summed E-state index contributed by atoms with van der Waals surface area (Å²) in [7, 11) is 0. The van der Waals surface area contributed by atoms with Crippen molar-refractivity contribution in [1.82, 2.24) is 0 Å². The minimum absolute atomic E-state index is 0.105. The number of carbonyl (C=O) groups is 1. The highest BCUT2D eigenvalue weighted by Gasteiger charge is 2.30. The zero-order chi connectivity index (χ0) is 10.3. The molecule has 4 nitrogen and oxygen atoms in total. The van der Waals surface area contributed by atoms with Crippen LogP contribution in [-0.4, -0.2) is 16.7 Å². The Morgan fingerprint density at radius 2 is 1.86 bits per heavy atom. The van der Waals surface area contributed by atoms with Gasteiger partial charge in [0.05, 0.1) is 0 Å².